The minimum atomic E-state index is -5.01. The van der Waals surface area contributed by atoms with E-state index in [1.807, 2.05) is 0 Å². The zero-order valence-corrected chi connectivity index (χ0v) is 14.6. The number of hydrogen-bond donors (Lipinski definition) is 3. The molecule has 0 radical (unpaired) electrons. The molecule has 0 bridgehead atoms. The fraction of sp³-hybridized carbons (Fsp3) is 0.750. The van der Waals surface area contributed by atoms with Gasteiger partial charge in [-0.05, 0) is 0 Å². The van der Waals surface area contributed by atoms with Crippen molar-refractivity contribution in [1.82, 2.24) is 0 Å². The van der Waals surface area contributed by atoms with Gasteiger partial charge in [-0.25, -0.2) is 4.57 Å². The van der Waals surface area contributed by atoms with Gasteiger partial charge in [0.2, 0.25) is 0 Å². The summed E-state index contributed by atoms with van der Waals surface area (Å²) < 4.78 is 35.6. The molecule has 0 aromatic rings. The average molecular weight is 385 g/mol. The Kier molecular flexibility index (Phi) is 7.47. The van der Waals surface area contributed by atoms with Crippen LogP contribution in [0.25, 0.3) is 0 Å². The molecule has 5 unspecified atom stereocenters. The van der Waals surface area contributed by atoms with Crippen molar-refractivity contribution < 1.29 is 52.2 Å². The number of ether oxygens (including phenoxy) is 4. The SMILES string of the molecule is CC(=O)OCC1OC(OP(=O)(O)O)C(N)C(OC(C)=O)C1OC(C)=O. The van der Waals surface area contributed by atoms with E-state index in [-0.39, 0.29) is 0 Å². The lowest BCUT2D eigenvalue weighted by atomic mass is 9.97. The van der Waals surface area contributed by atoms with E-state index in [1.54, 1.807) is 0 Å². The summed E-state index contributed by atoms with van der Waals surface area (Å²) in [4.78, 5) is 51.5. The van der Waals surface area contributed by atoms with E-state index in [0.29, 0.717) is 0 Å². The molecule has 0 saturated carbocycles. The summed E-state index contributed by atoms with van der Waals surface area (Å²) in [5.41, 5.74) is 5.79. The summed E-state index contributed by atoms with van der Waals surface area (Å²) in [6.45, 7) is 2.80. The molecule has 12 nitrogen and oxygen atoms in total. The van der Waals surface area contributed by atoms with Gasteiger partial charge in [-0.3, -0.25) is 18.9 Å². The van der Waals surface area contributed by atoms with Crippen molar-refractivity contribution in [3.8, 4) is 0 Å². The highest BCUT2D eigenvalue weighted by molar-refractivity contribution is 7.46. The number of phosphoric ester groups is 1. The van der Waals surface area contributed by atoms with E-state index in [2.05, 4.69) is 4.52 Å². The summed E-state index contributed by atoms with van der Waals surface area (Å²) in [7, 11) is -5.01. The molecule has 0 aromatic carbocycles. The van der Waals surface area contributed by atoms with Crippen LogP contribution in [0.2, 0.25) is 0 Å². The van der Waals surface area contributed by atoms with Crippen molar-refractivity contribution in [2.24, 2.45) is 5.73 Å². The Balaban J connectivity index is 3.13. The van der Waals surface area contributed by atoms with Crippen molar-refractivity contribution in [2.45, 2.75) is 51.4 Å². The minimum absolute atomic E-state index is 0.460. The van der Waals surface area contributed by atoms with Gasteiger partial charge in [0.15, 0.2) is 18.5 Å². The number of hydrogen-bond acceptors (Lipinski definition) is 10. The van der Waals surface area contributed by atoms with Gasteiger partial charge in [0.25, 0.3) is 0 Å². The van der Waals surface area contributed by atoms with Gasteiger partial charge < -0.3 is 34.5 Å². The van der Waals surface area contributed by atoms with Gasteiger partial charge in [0, 0.05) is 20.8 Å². The monoisotopic (exact) mass is 385 g/mol. The Bertz CT molecular complexity index is 561. The summed E-state index contributed by atoms with van der Waals surface area (Å²) in [6.07, 6.45) is -5.59. The van der Waals surface area contributed by atoms with Crippen LogP contribution in [0.3, 0.4) is 0 Å². The number of carbonyl (C=O) groups excluding carboxylic acids is 3. The smallest absolute Gasteiger partial charge is 0.463 e. The van der Waals surface area contributed by atoms with Crippen LogP contribution in [0, 0.1) is 0 Å². The summed E-state index contributed by atoms with van der Waals surface area (Å²) in [5.74, 6) is -2.24. The van der Waals surface area contributed by atoms with E-state index in [4.69, 9.17) is 34.5 Å². The lowest BCUT2D eigenvalue weighted by molar-refractivity contribution is -0.255. The average Bonchev–Trinajstić information content (AvgIpc) is 2.42. The van der Waals surface area contributed by atoms with Crippen LogP contribution in [-0.2, 0) is 42.4 Å². The molecule has 1 heterocycles. The molecule has 1 saturated heterocycles. The third-order valence-electron chi connectivity index (χ3n) is 2.99. The fourth-order valence-corrected chi connectivity index (χ4v) is 2.62. The van der Waals surface area contributed by atoms with Crippen LogP contribution >= 0.6 is 7.82 Å². The molecule has 144 valence electrons. The predicted octanol–water partition coefficient (Wildman–Crippen LogP) is -1.43. The molecule has 1 fully saturated rings. The molecule has 1 aliphatic rings. The summed E-state index contributed by atoms with van der Waals surface area (Å²) in [5, 5.41) is 0. The second-order valence-corrected chi connectivity index (χ2v) is 6.36. The molecule has 0 aliphatic carbocycles. The van der Waals surface area contributed by atoms with E-state index >= 15 is 0 Å². The highest BCUT2D eigenvalue weighted by atomic mass is 31.2. The predicted molar refractivity (Wildman–Crippen MR) is 77.5 cm³/mol. The van der Waals surface area contributed by atoms with E-state index in [1.165, 1.54) is 0 Å². The van der Waals surface area contributed by atoms with E-state index in [9.17, 15) is 18.9 Å². The van der Waals surface area contributed by atoms with Gasteiger partial charge in [-0.2, -0.15) is 0 Å². The molecule has 0 spiro atoms. The third-order valence-corrected chi connectivity index (χ3v) is 3.47. The molecule has 13 heteroatoms. The number of esters is 3. The Labute approximate surface area is 142 Å². The molecular formula is C12H20NO11P. The second-order valence-electron chi connectivity index (χ2n) is 5.17. The minimum Gasteiger partial charge on any atom is -0.463 e. The maximum Gasteiger partial charge on any atom is 0.471 e. The second kappa shape index (κ2) is 8.70. The Morgan fingerprint density at radius 1 is 1.04 bits per heavy atom. The number of carbonyl (C=O) groups is 3. The van der Waals surface area contributed by atoms with E-state index < -0.39 is 63.0 Å². The van der Waals surface area contributed by atoms with Crippen LogP contribution in [-0.4, -0.2) is 64.9 Å². The zero-order chi connectivity index (χ0) is 19.4. The molecular weight excluding hydrogens is 365 g/mol. The lowest BCUT2D eigenvalue weighted by Crippen LogP contribution is -2.64. The molecule has 1 aliphatic heterocycles. The van der Waals surface area contributed by atoms with Crippen LogP contribution < -0.4 is 5.73 Å². The summed E-state index contributed by atoms with van der Waals surface area (Å²) >= 11 is 0. The largest absolute Gasteiger partial charge is 0.471 e. The van der Waals surface area contributed by atoms with Crippen molar-refractivity contribution in [3.63, 3.8) is 0 Å². The molecule has 0 amide bonds. The van der Waals surface area contributed by atoms with Crippen molar-refractivity contribution in [1.29, 1.82) is 0 Å². The van der Waals surface area contributed by atoms with Gasteiger partial charge in [-0.15, -0.1) is 0 Å². The summed E-state index contributed by atoms with van der Waals surface area (Å²) in [6, 6.07) is -1.39. The first-order valence-electron chi connectivity index (χ1n) is 7.03. The molecule has 4 N–H and O–H groups in total. The molecule has 1 rings (SSSR count). The van der Waals surface area contributed by atoms with Crippen LogP contribution in [0.5, 0.6) is 0 Å². The first-order chi connectivity index (χ1) is 11.4. The van der Waals surface area contributed by atoms with Crippen LogP contribution in [0.15, 0.2) is 0 Å². The topological polar surface area (TPSA) is 181 Å². The quantitative estimate of drug-likeness (QED) is 0.276. The maximum absolute atomic E-state index is 11.3. The standard InChI is InChI=1S/C12H20NO11P/c1-5(14)20-4-8-10(21-6(2)15)11(22-7(3)16)9(13)12(23-8)24-25(17,18)19/h8-12H,4,13H2,1-3H3,(H2,17,18,19). The highest BCUT2D eigenvalue weighted by Crippen LogP contribution is 2.41. The fourth-order valence-electron chi connectivity index (χ4n) is 2.16. The molecule has 0 aromatic heterocycles. The Morgan fingerprint density at radius 3 is 2.00 bits per heavy atom. The molecule has 5 atom stereocenters. The van der Waals surface area contributed by atoms with Gasteiger partial charge in [0.1, 0.15) is 12.7 Å². The molecule has 25 heavy (non-hydrogen) atoms. The number of phosphoric acid groups is 1. The maximum atomic E-state index is 11.3. The normalized spacial score (nSPS) is 29.6. The van der Waals surface area contributed by atoms with Crippen molar-refractivity contribution >= 4 is 25.7 Å². The lowest BCUT2D eigenvalue weighted by Gasteiger charge is -2.43. The number of rotatable bonds is 6. The Hall–Kier alpha value is -1.56. The Morgan fingerprint density at radius 2 is 1.56 bits per heavy atom. The first-order valence-corrected chi connectivity index (χ1v) is 8.56. The van der Waals surface area contributed by atoms with Crippen LogP contribution in [0.4, 0.5) is 0 Å². The van der Waals surface area contributed by atoms with Gasteiger partial charge >= 0.3 is 25.7 Å². The highest BCUT2D eigenvalue weighted by Gasteiger charge is 2.50. The van der Waals surface area contributed by atoms with Crippen molar-refractivity contribution in [3.05, 3.63) is 0 Å². The van der Waals surface area contributed by atoms with Crippen molar-refractivity contribution in [2.75, 3.05) is 6.61 Å². The van der Waals surface area contributed by atoms with Gasteiger partial charge in [-0.1, -0.05) is 0 Å². The third kappa shape index (κ3) is 7.06. The zero-order valence-electron chi connectivity index (χ0n) is 13.7. The number of nitrogens with two attached hydrogens (primary N) is 1. The van der Waals surface area contributed by atoms with E-state index in [0.717, 1.165) is 20.8 Å². The van der Waals surface area contributed by atoms with Gasteiger partial charge in [0.05, 0.1) is 6.04 Å². The first kappa shape index (κ1) is 21.5. The van der Waals surface area contributed by atoms with Crippen LogP contribution in [0.1, 0.15) is 20.8 Å².